The summed E-state index contributed by atoms with van der Waals surface area (Å²) in [6.45, 7) is 2.93. The highest BCUT2D eigenvalue weighted by Crippen LogP contribution is 2.33. The van der Waals surface area contributed by atoms with Crippen molar-refractivity contribution in [3.8, 4) is 11.5 Å². The predicted octanol–water partition coefficient (Wildman–Crippen LogP) is 3.15. The van der Waals surface area contributed by atoms with Gasteiger partial charge in [0.15, 0.2) is 17.5 Å². The van der Waals surface area contributed by atoms with E-state index in [1.807, 2.05) is 31.2 Å². The van der Waals surface area contributed by atoms with Crippen molar-refractivity contribution in [2.75, 3.05) is 39.1 Å². The SMILES string of the molecule is CN=C(NCCNc1ncccc1C(F)(F)F)NCC(C)Oc1ccccc1OC. The fourth-order valence-electron chi connectivity index (χ4n) is 2.57. The van der Waals surface area contributed by atoms with Crippen LogP contribution >= 0.6 is 0 Å². The molecular formula is C20H26F3N5O2. The highest BCUT2D eigenvalue weighted by molar-refractivity contribution is 5.79. The van der Waals surface area contributed by atoms with E-state index in [0.29, 0.717) is 30.5 Å². The van der Waals surface area contributed by atoms with E-state index in [9.17, 15) is 13.2 Å². The Bertz CT molecular complexity index is 830. The minimum atomic E-state index is -4.46. The molecule has 1 unspecified atom stereocenters. The number of nitrogens with zero attached hydrogens (tertiary/aromatic N) is 2. The average Bonchev–Trinajstić information content (AvgIpc) is 2.73. The zero-order chi connectivity index (χ0) is 22.0. The topological polar surface area (TPSA) is 79.8 Å². The third-order valence-electron chi connectivity index (χ3n) is 4.00. The number of rotatable bonds is 9. The van der Waals surface area contributed by atoms with Crippen LogP contribution in [0.3, 0.4) is 0 Å². The number of aromatic nitrogens is 1. The number of nitrogens with one attached hydrogen (secondary N) is 3. The van der Waals surface area contributed by atoms with Gasteiger partial charge in [-0.2, -0.15) is 13.2 Å². The van der Waals surface area contributed by atoms with E-state index < -0.39 is 11.7 Å². The van der Waals surface area contributed by atoms with Crippen LogP contribution < -0.4 is 25.4 Å². The number of para-hydroxylation sites is 2. The third kappa shape index (κ3) is 7.02. The van der Waals surface area contributed by atoms with Crippen LogP contribution in [0.4, 0.5) is 19.0 Å². The Balaban J connectivity index is 1.76. The van der Waals surface area contributed by atoms with Crippen LogP contribution in [0.1, 0.15) is 12.5 Å². The lowest BCUT2D eigenvalue weighted by molar-refractivity contribution is -0.137. The van der Waals surface area contributed by atoms with Crippen molar-refractivity contribution in [2.24, 2.45) is 4.99 Å². The maximum atomic E-state index is 13.0. The first-order chi connectivity index (χ1) is 14.3. The number of hydrogen-bond donors (Lipinski definition) is 3. The molecule has 0 fully saturated rings. The van der Waals surface area contributed by atoms with E-state index in [2.05, 4.69) is 25.9 Å². The van der Waals surface area contributed by atoms with Crippen molar-refractivity contribution in [1.29, 1.82) is 0 Å². The van der Waals surface area contributed by atoms with Gasteiger partial charge in [-0.25, -0.2) is 4.98 Å². The molecule has 10 heteroatoms. The molecule has 1 aromatic heterocycles. The second-order valence-electron chi connectivity index (χ2n) is 6.28. The van der Waals surface area contributed by atoms with Crippen molar-refractivity contribution in [1.82, 2.24) is 15.6 Å². The molecule has 0 spiro atoms. The van der Waals surface area contributed by atoms with Gasteiger partial charge in [0.05, 0.1) is 19.2 Å². The molecule has 7 nitrogen and oxygen atoms in total. The van der Waals surface area contributed by atoms with Crippen LogP contribution in [0.2, 0.25) is 0 Å². The van der Waals surface area contributed by atoms with Crippen molar-refractivity contribution < 1.29 is 22.6 Å². The summed E-state index contributed by atoms with van der Waals surface area (Å²) in [5, 5.41) is 8.83. The zero-order valence-corrected chi connectivity index (χ0v) is 17.1. The first-order valence-corrected chi connectivity index (χ1v) is 9.35. The molecule has 164 valence electrons. The summed E-state index contributed by atoms with van der Waals surface area (Å²) >= 11 is 0. The number of anilines is 1. The standard InChI is InChI=1S/C20H26F3N5O2/c1-14(30-17-9-5-4-8-16(17)29-3)13-28-19(24-2)27-12-11-26-18-15(20(21,22)23)7-6-10-25-18/h4-10,14H,11-13H2,1-3H3,(H,25,26)(H2,24,27,28). The number of benzene rings is 1. The average molecular weight is 425 g/mol. The molecule has 1 heterocycles. The fraction of sp³-hybridized carbons (Fsp3) is 0.400. The molecule has 0 bridgehead atoms. The molecule has 2 rings (SSSR count). The molecule has 0 aliphatic carbocycles. The molecule has 0 aliphatic heterocycles. The Hall–Kier alpha value is -3.17. The van der Waals surface area contributed by atoms with Crippen LogP contribution in [-0.4, -0.2) is 50.8 Å². The Kier molecular flexibility index (Phi) is 8.57. The molecule has 30 heavy (non-hydrogen) atoms. The second kappa shape index (κ2) is 11.1. The minimum absolute atomic E-state index is 0.180. The Labute approximate surface area is 173 Å². The van der Waals surface area contributed by atoms with Crippen LogP contribution in [0.25, 0.3) is 0 Å². The summed E-state index contributed by atoms with van der Waals surface area (Å²) < 4.78 is 50.1. The first-order valence-electron chi connectivity index (χ1n) is 9.35. The lowest BCUT2D eigenvalue weighted by atomic mass is 10.2. The maximum Gasteiger partial charge on any atom is 0.419 e. The number of hydrogen-bond acceptors (Lipinski definition) is 5. The molecule has 0 aliphatic rings. The Morgan fingerprint density at radius 3 is 2.50 bits per heavy atom. The number of halogens is 3. The van der Waals surface area contributed by atoms with Gasteiger partial charge in [-0.1, -0.05) is 12.1 Å². The molecule has 0 saturated carbocycles. The minimum Gasteiger partial charge on any atom is -0.493 e. The van der Waals surface area contributed by atoms with Gasteiger partial charge in [0.2, 0.25) is 0 Å². The summed E-state index contributed by atoms with van der Waals surface area (Å²) in [5.41, 5.74) is -0.796. The van der Waals surface area contributed by atoms with Crippen molar-refractivity contribution in [3.63, 3.8) is 0 Å². The van der Waals surface area contributed by atoms with Crippen molar-refractivity contribution in [3.05, 3.63) is 48.2 Å². The first kappa shape index (κ1) is 23.1. The van der Waals surface area contributed by atoms with Crippen molar-refractivity contribution >= 4 is 11.8 Å². The monoisotopic (exact) mass is 425 g/mol. The van der Waals surface area contributed by atoms with Crippen molar-refractivity contribution in [2.45, 2.75) is 19.2 Å². The number of aliphatic imine (C=N–C) groups is 1. The smallest absolute Gasteiger partial charge is 0.419 e. The molecule has 3 N–H and O–H groups in total. The predicted molar refractivity (Wildman–Crippen MR) is 110 cm³/mol. The highest BCUT2D eigenvalue weighted by Gasteiger charge is 2.33. The van der Waals surface area contributed by atoms with E-state index in [1.54, 1.807) is 14.2 Å². The van der Waals surface area contributed by atoms with Crippen LogP contribution in [0.5, 0.6) is 11.5 Å². The molecule has 0 amide bonds. The lowest BCUT2D eigenvalue weighted by Crippen LogP contribution is -2.43. The normalized spacial score (nSPS) is 12.8. The molecule has 1 atom stereocenters. The van der Waals surface area contributed by atoms with Gasteiger partial charge < -0.3 is 25.4 Å². The van der Waals surface area contributed by atoms with Crippen LogP contribution in [0, 0.1) is 0 Å². The molecule has 0 saturated heterocycles. The van der Waals surface area contributed by atoms with E-state index in [4.69, 9.17) is 9.47 Å². The van der Waals surface area contributed by atoms with E-state index in [0.717, 1.165) is 6.07 Å². The molecule has 2 aromatic rings. The number of ether oxygens (including phenoxy) is 2. The maximum absolute atomic E-state index is 13.0. The molecular weight excluding hydrogens is 399 g/mol. The zero-order valence-electron chi connectivity index (χ0n) is 17.1. The number of pyridine rings is 1. The molecule has 1 aromatic carbocycles. The van der Waals surface area contributed by atoms with Crippen LogP contribution in [-0.2, 0) is 6.18 Å². The van der Waals surface area contributed by atoms with E-state index in [-0.39, 0.29) is 18.5 Å². The quantitative estimate of drug-likeness (QED) is 0.325. The van der Waals surface area contributed by atoms with Gasteiger partial charge in [-0.3, -0.25) is 4.99 Å². The van der Waals surface area contributed by atoms with Crippen LogP contribution in [0.15, 0.2) is 47.6 Å². The summed E-state index contributed by atoms with van der Waals surface area (Å²) in [5.74, 6) is 1.58. The summed E-state index contributed by atoms with van der Waals surface area (Å²) in [7, 11) is 3.18. The highest BCUT2D eigenvalue weighted by atomic mass is 19.4. The summed E-state index contributed by atoms with van der Waals surface area (Å²) in [6.07, 6.45) is -3.32. The third-order valence-corrected chi connectivity index (χ3v) is 4.00. The van der Waals surface area contributed by atoms with E-state index >= 15 is 0 Å². The second-order valence-corrected chi connectivity index (χ2v) is 6.28. The number of methoxy groups -OCH3 is 1. The van der Waals surface area contributed by atoms with Gasteiger partial charge in [0.25, 0.3) is 0 Å². The molecule has 0 radical (unpaired) electrons. The van der Waals surface area contributed by atoms with Gasteiger partial charge in [0, 0.05) is 26.3 Å². The van der Waals surface area contributed by atoms with Gasteiger partial charge >= 0.3 is 6.18 Å². The summed E-state index contributed by atoms with van der Waals surface area (Å²) in [6, 6.07) is 9.60. The van der Waals surface area contributed by atoms with E-state index in [1.165, 1.54) is 12.3 Å². The lowest BCUT2D eigenvalue weighted by Gasteiger charge is -2.19. The number of guanidine groups is 1. The Morgan fingerprint density at radius 2 is 1.83 bits per heavy atom. The summed E-state index contributed by atoms with van der Waals surface area (Å²) in [4.78, 5) is 7.86. The van der Waals surface area contributed by atoms with Gasteiger partial charge in [-0.05, 0) is 31.2 Å². The number of alkyl halides is 3. The fourth-order valence-corrected chi connectivity index (χ4v) is 2.57. The Morgan fingerprint density at radius 1 is 1.10 bits per heavy atom. The van der Waals surface area contributed by atoms with Gasteiger partial charge in [-0.15, -0.1) is 0 Å². The van der Waals surface area contributed by atoms with Gasteiger partial charge in [0.1, 0.15) is 11.9 Å². The largest absolute Gasteiger partial charge is 0.493 e.